The second kappa shape index (κ2) is 8.08. The van der Waals surface area contributed by atoms with Crippen molar-refractivity contribution in [1.82, 2.24) is 14.9 Å². The third-order valence-corrected chi connectivity index (χ3v) is 6.72. The number of likely N-dealkylation sites (tertiary alicyclic amines) is 1. The minimum Gasteiger partial charge on any atom is -0.431 e. The number of para-hydroxylation sites is 1. The molecule has 1 amide bonds. The molecular weight excluding hydrogens is 396 g/mol. The van der Waals surface area contributed by atoms with Crippen LogP contribution in [0.1, 0.15) is 24.8 Å². The van der Waals surface area contributed by atoms with E-state index in [4.69, 9.17) is 10.5 Å². The van der Waals surface area contributed by atoms with Gasteiger partial charge < -0.3 is 15.5 Å². The van der Waals surface area contributed by atoms with E-state index in [2.05, 4.69) is 33.2 Å². The fraction of sp³-hybridized carbons (Fsp3) is 0.304. The summed E-state index contributed by atoms with van der Waals surface area (Å²) in [6, 6.07) is 14.2. The number of aromatic amines is 1. The number of nitrogens with zero attached hydrogens (tertiary/aromatic N) is 2. The molecule has 3 heterocycles. The number of thiazole rings is 1. The van der Waals surface area contributed by atoms with Gasteiger partial charge in [0.05, 0.1) is 10.2 Å². The molecule has 1 aliphatic rings. The Labute approximate surface area is 178 Å². The number of rotatable bonds is 6. The molecule has 0 atom stereocenters. The molecule has 1 saturated heterocycles. The number of nitrogens with one attached hydrogen (secondary N) is 1. The summed E-state index contributed by atoms with van der Waals surface area (Å²) in [6.07, 6.45) is 4.66. The molecule has 0 spiro atoms. The largest absolute Gasteiger partial charge is 0.431 e. The lowest BCUT2D eigenvalue weighted by Crippen LogP contribution is -2.34. The molecule has 6 nitrogen and oxygen atoms in total. The first-order valence-electron chi connectivity index (χ1n) is 10.3. The number of hydrogen-bond donors (Lipinski definition) is 2. The van der Waals surface area contributed by atoms with Crippen LogP contribution in [0.4, 0.5) is 0 Å². The molecule has 1 aliphatic heterocycles. The molecule has 0 bridgehead atoms. The van der Waals surface area contributed by atoms with Crippen molar-refractivity contribution < 1.29 is 9.53 Å². The number of H-pyrrole nitrogens is 1. The highest BCUT2D eigenvalue weighted by Gasteiger charge is 2.21. The number of nitrogens with two attached hydrogens (primary N) is 1. The van der Waals surface area contributed by atoms with E-state index >= 15 is 0 Å². The average Bonchev–Trinajstić information content (AvgIpc) is 3.32. The predicted molar refractivity (Wildman–Crippen MR) is 120 cm³/mol. The van der Waals surface area contributed by atoms with E-state index in [1.54, 1.807) is 11.3 Å². The third kappa shape index (κ3) is 4.04. The third-order valence-electron chi connectivity index (χ3n) is 5.81. The van der Waals surface area contributed by atoms with Gasteiger partial charge in [0.15, 0.2) is 0 Å². The SMILES string of the molecule is NC(=O)CC1CCN(Cc2c[nH]c3cc(Oc4nc5ccccc5s4)ccc23)CC1. The normalized spacial score (nSPS) is 15.7. The van der Waals surface area contributed by atoms with Crippen molar-refractivity contribution in [2.45, 2.75) is 25.8 Å². The Morgan fingerprint density at radius 3 is 2.87 bits per heavy atom. The first-order chi connectivity index (χ1) is 14.6. The Bertz CT molecular complexity index is 1160. The highest BCUT2D eigenvalue weighted by Crippen LogP contribution is 2.33. The smallest absolute Gasteiger partial charge is 0.279 e. The summed E-state index contributed by atoms with van der Waals surface area (Å²) in [4.78, 5) is 21.5. The van der Waals surface area contributed by atoms with Crippen LogP contribution in [0.2, 0.25) is 0 Å². The second-order valence-corrected chi connectivity index (χ2v) is 8.95. The molecule has 0 radical (unpaired) electrons. The van der Waals surface area contributed by atoms with Crippen molar-refractivity contribution in [2.24, 2.45) is 11.7 Å². The van der Waals surface area contributed by atoms with Crippen molar-refractivity contribution in [3.8, 4) is 10.9 Å². The maximum atomic E-state index is 11.1. The molecule has 2 aromatic carbocycles. The topological polar surface area (TPSA) is 84.2 Å². The van der Waals surface area contributed by atoms with Crippen molar-refractivity contribution in [1.29, 1.82) is 0 Å². The first-order valence-corrected chi connectivity index (χ1v) is 11.1. The molecule has 7 heteroatoms. The summed E-state index contributed by atoms with van der Waals surface area (Å²) in [6.45, 7) is 2.91. The number of primary amides is 1. The minimum atomic E-state index is -0.186. The van der Waals surface area contributed by atoms with Gasteiger partial charge in [-0.15, -0.1) is 0 Å². The van der Waals surface area contributed by atoms with Crippen LogP contribution < -0.4 is 10.5 Å². The molecule has 0 aliphatic carbocycles. The zero-order valence-corrected chi connectivity index (χ0v) is 17.5. The average molecular weight is 421 g/mol. The van der Waals surface area contributed by atoms with Crippen LogP contribution in [-0.2, 0) is 11.3 Å². The van der Waals surface area contributed by atoms with Crippen LogP contribution in [0.3, 0.4) is 0 Å². The van der Waals surface area contributed by atoms with Crippen LogP contribution in [0.25, 0.3) is 21.1 Å². The standard InChI is InChI=1S/C23H24N4O2S/c24-22(28)11-15-7-9-27(10-8-15)14-16-13-25-20-12-17(5-6-18(16)20)29-23-26-19-3-1-2-4-21(19)30-23/h1-6,12-13,15,25H,7-11,14H2,(H2,24,28). The fourth-order valence-electron chi connectivity index (χ4n) is 4.23. The number of ether oxygens (including phenoxy) is 1. The number of benzene rings is 2. The minimum absolute atomic E-state index is 0.186. The summed E-state index contributed by atoms with van der Waals surface area (Å²) in [7, 11) is 0. The van der Waals surface area contributed by atoms with Crippen LogP contribution in [-0.4, -0.2) is 33.9 Å². The van der Waals surface area contributed by atoms with Gasteiger partial charge in [0.25, 0.3) is 5.19 Å². The number of carbonyl (C=O) groups is 1. The monoisotopic (exact) mass is 420 g/mol. The van der Waals surface area contributed by atoms with Gasteiger partial charge in [0, 0.05) is 36.1 Å². The lowest BCUT2D eigenvalue weighted by Gasteiger charge is -2.31. The van der Waals surface area contributed by atoms with E-state index in [0.717, 1.165) is 54.0 Å². The van der Waals surface area contributed by atoms with Crippen LogP contribution in [0.15, 0.2) is 48.7 Å². The van der Waals surface area contributed by atoms with Gasteiger partial charge in [-0.05, 0) is 61.7 Å². The van der Waals surface area contributed by atoms with Crippen LogP contribution in [0.5, 0.6) is 10.9 Å². The molecular formula is C23H24N4O2S. The van der Waals surface area contributed by atoms with Crippen molar-refractivity contribution in [3.63, 3.8) is 0 Å². The molecule has 154 valence electrons. The highest BCUT2D eigenvalue weighted by atomic mass is 32.1. The number of carbonyl (C=O) groups excluding carboxylic acids is 1. The number of aromatic nitrogens is 2. The van der Waals surface area contributed by atoms with E-state index in [0.29, 0.717) is 17.5 Å². The summed E-state index contributed by atoms with van der Waals surface area (Å²) in [5.41, 5.74) is 8.64. The van der Waals surface area contributed by atoms with Crippen LogP contribution in [0, 0.1) is 5.92 Å². The highest BCUT2D eigenvalue weighted by molar-refractivity contribution is 7.20. The fourth-order valence-corrected chi connectivity index (χ4v) is 5.06. The van der Waals surface area contributed by atoms with E-state index < -0.39 is 0 Å². The Balaban J connectivity index is 1.26. The van der Waals surface area contributed by atoms with Gasteiger partial charge in [0.1, 0.15) is 5.75 Å². The summed E-state index contributed by atoms with van der Waals surface area (Å²) >= 11 is 1.55. The Kier molecular flexibility index (Phi) is 5.14. The lowest BCUT2D eigenvalue weighted by molar-refractivity contribution is -0.119. The van der Waals surface area contributed by atoms with E-state index in [1.807, 2.05) is 30.3 Å². The molecule has 3 N–H and O–H groups in total. The Hall–Kier alpha value is -2.90. The lowest BCUT2D eigenvalue weighted by atomic mass is 9.93. The maximum absolute atomic E-state index is 11.1. The van der Waals surface area contributed by atoms with E-state index in [-0.39, 0.29) is 5.91 Å². The van der Waals surface area contributed by atoms with Gasteiger partial charge in [-0.3, -0.25) is 9.69 Å². The van der Waals surface area contributed by atoms with Gasteiger partial charge in [-0.2, -0.15) is 0 Å². The van der Waals surface area contributed by atoms with Crippen molar-refractivity contribution >= 4 is 38.4 Å². The maximum Gasteiger partial charge on any atom is 0.279 e. The van der Waals surface area contributed by atoms with Crippen LogP contribution >= 0.6 is 11.3 Å². The quantitative estimate of drug-likeness (QED) is 0.475. The molecule has 4 aromatic rings. The number of amides is 1. The molecule has 0 unspecified atom stereocenters. The number of piperidine rings is 1. The van der Waals surface area contributed by atoms with Gasteiger partial charge in [-0.25, -0.2) is 4.98 Å². The first kappa shape index (κ1) is 19.1. The van der Waals surface area contributed by atoms with Gasteiger partial charge in [-0.1, -0.05) is 23.5 Å². The zero-order chi connectivity index (χ0) is 20.5. The number of fused-ring (bicyclic) bond motifs is 2. The molecule has 1 fully saturated rings. The van der Waals surface area contributed by atoms with Crippen molar-refractivity contribution in [3.05, 3.63) is 54.2 Å². The van der Waals surface area contributed by atoms with E-state index in [1.165, 1.54) is 10.9 Å². The van der Waals surface area contributed by atoms with Gasteiger partial charge in [0.2, 0.25) is 5.91 Å². The second-order valence-electron chi connectivity index (χ2n) is 7.96. The van der Waals surface area contributed by atoms with Crippen molar-refractivity contribution in [2.75, 3.05) is 13.1 Å². The molecule has 0 saturated carbocycles. The zero-order valence-electron chi connectivity index (χ0n) is 16.6. The predicted octanol–water partition coefficient (Wildman–Crippen LogP) is 4.66. The Morgan fingerprint density at radius 2 is 2.07 bits per heavy atom. The molecule has 2 aromatic heterocycles. The number of hydrogen-bond acceptors (Lipinski definition) is 5. The van der Waals surface area contributed by atoms with Gasteiger partial charge >= 0.3 is 0 Å². The van der Waals surface area contributed by atoms with E-state index in [9.17, 15) is 4.79 Å². The molecule has 30 heavy (non-hydrogen) atoms. The molecule has 5 rings (SSSR count). The summed E-state index contributed by atoms with van der Waals surface area (Å²) < 4.78 is 7.13. The summed E-state index contributed by atoms with van der Waals surface area (Å²) in [5, 5.41) is 1.87. The Morgan fingerprint density at radius 1 is 1.23 bits per heavy atom. The summed E-state index contributed by atoms with van der Waals surface area (Å²) in [5.74, 6) is 1.03.